The van der Waals surface area contributed by atoms with Gasteiger partial charge in [0.2, 0.25) is 5.91 Å². The minimum absolute atomic E-state index is 0.00940. The van der Waals surface area contributed by atoms with Gasteiger partial charge in [-0.3, -0.25) is 14.5 Å². The lowest BCUT2D eigenvalue weighted by Crippen LogP contribution is -2.56. The van der Waals surface area contributed by atoms with Crippen LogP contribution in [0.5, 0.6) is 0 Å². The predicted octanol–water partition coefficient (Wildman–Crippen LogP) is 3.33. The van der Waals surface area contributed by atoms with Crippen molar-refractivity contribution in [1.82, 2.24) is 15.1 Å². The zero-order valence-electron chi connectivity index (χ0n) is 17.2. The van der Waals surface area contributed by atoms with Gasteiger partial charge in [-0.25, -0.2) is 4.39 Å². The summed E-state index contributed by atoms with van der Waals surface area (Å²) in [5.41, 5.74) is 1.31. The fraction of sp³-hybridized carbons (Fsp3) is 0.417. The molecule has 3 aliphatic rings. The number of benzene rings is 2. The molecule has 3 saturated heterocycles. The molecule has 31 heavy (non-hydrogen) atoms. The Morgan fingerprint density at radius 3 is 2.58 bits per heavy atom. The predicted molar refractivity (Wildman–Crippen MR) is 116 cm³/mol. The van der Waals surface area contributed by atoms with Crippen LogP contribution in [0, 0.1) is 17.7 Å². The number of hydrogen-bond acceptors (Lipinski definition) is 3. The van der Waals surface area contributed by atoms with E-state index in [1.807, 2.05) is 18.2 Å². The first kappa shape index (κ1) is 20.5. The maximum atomic E-state index is 13.8. The number of fused-ring (bicyclic) bond motifs is 2. The lowest BCUT2D eigenvalue weighted by Gasteiger charge is -2.42. The Kier molecular flexibility index (Phi) is 5.22. The van der Waals surface area contributed by atoms with E-state index in [1.165, 1.54) is 17.7 Å². The number of likely N-dealkylation sites (tertiary alicyclic amines) is 2. The minimum atomic E-state index is -0.587. The van der Waals surface area contributed by atoms with Gasteiger partial charge < -0.3 is 10.2 Å². The summed E-state index contributed by atoms with van der Waals surface area (Å²) in [5.74, 6) is -0.370. The maximum absolute atomic E-state index is 13.8. The Morgan fingerprint density at radius 2 is 1.87 bits per heavy atom. The van der Waals surface area contributed by atoms with E-state index in [9.17, 15) is 14.0 Å². The van der Waals surface area contributed by atoms with Crippen LogP contribution in [0.2, 0.25) is 5.02 Å². The molecule has 2 aromatic carbocycles. The molecule has 7 heteroatoms. The van der Waals surface area contributed by atoms with Crippen molar-refractivity contribution in [1.29, 1.82) is 0 Å². The molecule has 2 atom stereocenters. The molecule has 3 aliphatic heterocycles. The SMILES string of the molecule is O=C1NC2(CCN(C(=O)c3ccc(Cl)c(F)c3)CC2)[C@H]2CN(Cc3ccccc3)C[C@@H]12. The number of nitrogens with zero attached hydrogens (tertiary/aromatic N) is 2. The fourth-order valence-electron chi connectivity index (χ4n) is 5.53. The van der Waals surface area contributed by atoms with E-state index < -0.39 is 5.82 Å². The lowest BCUT2D eigenvalue weighted by molar-refractivity contribution is -0.123. The molecule has 0 saturated carbocycles. The molecule has 1 spiro atoms. The quantitative estimate of drug-likeness (QED) is 0.794. The highest BCUT2D eigenvalue weighted by Crippen LogP contribution is 2.44. The molecule has 2 aromatic rings. The zero-order chi connectivity index (χ0) is 21.6. The molecule has 0 aliphatic carbocycles. The Morgan fingerprint density at radius 1 is 1.13 bits per heavy atom. The largest absolute Gasteiger partial charge is 0.350 e. The standard InChI is InChI=1S/C24H25ClFN3O2/c25-20-7-6-17(12-21(20)26)23(31)29-10-8-24(9-11-29)19-15-28(14-18(19)22(30)27-24)13-16-4-2-1-3-5-16/h1-7,12,18-19H,8-11,13-15H2,(H,27,30)/t18-,19+/m1/s1. The van der Waals surface area contributed by atoms with Crippen LogP contribution in [0.4, 0.5) is 4.39 Å². The molecule has 1 N–H and O–H groups in total. The number of carbonyl (C=O) groups is 2. The van der Waals surface area contributed by atoms with Crippen LogP contribution in [0.3, 0.4) is 0 Å². The van der Waals surface area contributed by atoms with E-state index in [-0.39, 0.29) is 34.2 Å². The van der Waals surface area contributed by atoms with Crippen molar-refractivity contribution in [3.63, 3.8) is 0 Å². The molecule has 0 unspecified atom stereocenters. The van der Waals surface area contributed by atoms with Gasteiger partial charge in [-0.1, -0.05) is 41.9 Å². The van der Waals surface area contributed by atoms with Crippen LogP contribution < -0.4 is 5.32 Å². The van der Waals surface area contributed by atoms with Gasteiger partial charge in [0.1, 0.15) is 5.82 Å². The number of halogens is 2. The van der Waals surface area contributed by atoms with Crippen molar-refractivity contribution in [3.05, 3.63) is 70.5 Å². The van der Waals surface area contributed by atoms with Crippen molar-refractivity contribution >= 4 is 23.4 Å². The number of carbonyl (C=O) groups excluding carboxylic acids is 2. The van der Waals surface area contributed by atoms with Gasteiger partial charge in [0.15, 0.2) is 0 Å². The highest BCUT2D eigenvalue weighted by Gasteiger charge is 2.57. The zero-order valence-corrected chi connectivity index (χ0v) is 17.9. The summed E-state index contributed by atoms with van der Waals surface area (Å²) in [4.78, 5) is 29.7. The van der Waals surface area contributed by atoms with Gasteiger partial charge in [-0.15, -0.1) is 0 Å². The van der Waals surface area contributed by atoms with Crippen molar-refractivity contribution < 1.29 is 14.0 Å². The highest BCUT2D eigenvalue weighted by molar-refractivity contribution is 6.30. The first-order chi connectivity index (χ1) is 14.9. The summed E-state index contributed by atoms with van der Waals surface area (Å²) in [6, 6.07) is 14.5. The number of piperidine rings is 1. The second-order valence-electron chi connectivity index (χ2n) is 8.96. The van der Waals surface area contributed by atoms with E-state index in [2.05, 4.69) is 22.3 Å². The molecule has 3 fully saturated rings. The summed E-state index contributed by atoms with van der Waals surface area (Å²) < 4.78 is 13.8. The minimum Gasteiger partial charge on any atom is -0.350 e. The summed E-state index contributed by atoms with van der Waals surface area (Å²) in [5, 5.41) is 3.30. The van der Waals surface area contributed by atoms with Crippen LogP contribution in [0.15, 0.2) is 48.5 Å². The Balaban J connectivity index is 1.26. The van der Waals surface area contributed by atoms with Gasteiger partial charge in [0.05, 0.1) is 10.9 Å². The van der Waals surface area contributed by atoms with Crippen molar-refractivity contribution in [3.8, 4) is 0 Å². The molecule has 0 bridgehead atoms. The smallest absolute Gasteiger partial charge is 0.253 e. The average Bonchev–Trinajstić information content (AvgIpc) is 3.30. The summed E-state index contributed by atoms with van der Waals surface area (Å²) in [6.07, 6.45) is 1.45. The monoisotopic (exact) mass is 441 g/mol. The van der Waals surface area contributed by atoms with Crippen molar-refractivity contribution in [2.24, 2.45) is 11.8 Å². The normalized spacial score (nSPS) is 25.0. The van der Waals surface area contributed by atoms with E-state index >= 15 is 0 Å². The van der Waals surface area contributed by atoms with E-state index in [0.29, 0.717) is 18.7 Å². The van der Waals surface area contributed by atoms with Crippen molar-refractivity contribution in [2.75, 3.05) is 26.2 Å². The van der Waals surface area contributed by atoms with E-state index in [1.54, 1.807) is 11.0 Å². The topological polar surface area (TPSA) is 52.7 Å². The molecular weight excluding hydrogens is 417 g/mol. The molecule has 5 nitrogen and oxygen atoms in total. The molecule has 0 radical (unpaired) electrons. The number of hydrogen-bond donors (Lipinski definition) is 1. The van der Waals surface area contributed by atoms with Crippen LogP contribution >= 0.6 is 11.6 Å². The molecule has 162 valence electrons. The van der Waals surface area contributed by atoms with E-state index in [4.69, 9.17) is 11.6 Å². The highest BCUT2D eigenvalue weighted by atomic mass is 35.5. The van der Waals surface area contributed by atoms with Crippen LogP contribution in [-0.2, 0) is 11.3 Å². The Bertz CT molecular complexity index is 1010. The second kappa shape index (κ2) is 7.92. The van der Waals surface area contributed by atoms with Crippen molar-refractivity contribution in [2.45, 2.75) is 24.9 Å². The second-order valence-corrected chi connectivity index (χ2v) is 9.37. The summed E-state index contributed by atoms with van der Waals surface area (Å²) in [6.45, 7) is 3.61. The van der Waals surface area contributed by atoms with Gasteiger partial charge in [0.25, 0.3) is 5.91 Å². The molecule has 3 heterocycles. The molecule has 0 aromatic heterocycles. The summed E-state index contributed by atoms with van der Waals surface area (Å²) in [7, 11) is 0. The van der Waals surface area contributed by atoms with Gasteiger partial charge >= 0.3 is 0 Å². The van der Waals surface area contributed by atoms with Gasteiger partial charge in [0, 0.05) is 49.7 Å². The van der Waals surface area contributed by atoms with Crippen LogP contribution in [0.1, 0.15) is 28.8 Å². The van der Waals surface area contributed by atoms with Gasteiger partial charge in [-0.2, -0.15) is 0 Å². The molecule has 2 amide bonds. The Labute approximate surface area is 186 Å². The number of rotatable bonds is 3. The third-order valence-corrected chi connectivity index (χ3v) is 7.48. The average molecular weight is 442 g/mol. The third kappa shape index (κ3) is 3.72. The fourth-order valence-corrected chi connectivity index (χ4v) is 5.65. The lowest BCUT2D eigenvalue weighted by atomic mass is 9.75. The van der Waals surface area contributed by atoms with E-state index in [0.717, 1.165) is 32.5 Å². The van der Waals surface area contributed by atoms with Crippen LogP contribution in [-0.4, -0.2) is 53.3 Å². The Hall–Kier alpha value is -2.44. The molecular formula is C24H25ClFN3O2. The molecule has 5 rings (SSSR count). The number of nitrogens with one attached hydrogen (secondary N) is 1. The third-order valence-electron chi connectivity index (χ3n) is 7.17. The van der Waals surface area contributed by atoms with Crippen LogP contribution in [0.25, 0.3) is 0 Å². The number of amides is 2. The first-order valence-electron chi connectivity index (χ1n) is 10.8. The maximum Gasteiger partial charge on any atom is 0.253 e. The summed E-state index contributed by atoms with van der Waals surface area (Å²) >= 11 is 5.74. The first-order valence-corrected chi connectivity index (χ1v) is 11.2. The van der Waals surface area contributed by atoms with Gasteiger partial charge in [-0.05, 0) is 36.6 Å².